The lowest BCUT2D eigenvalue weighted by Gasteiger charge is -2.33. The second kappa shape index (κ2) is 7.78. The topological polar surface area (TPSA) is 58.9 Å². The van der Waals surface area contributed by atoms with Crippen LogP contribution in [0.4, 0.5) is 19.0 Å². The van der Waals surface area contributed by atoms with Gasteiger partial charge in [-0.15, -0.1) is 10.2 Å². The Labute approximate surface area is 178 Å². The van der Waals surface area contributed by atoms with Gasteiger partial charge >= 0.3 is 6.18 Å². The van der Waals surface area contributed by atoms with Crippen molar-refractivity contribution >= 4 is 16.7 Å². The van der Waals surface area contributed by atoms with Crippen LogP contribution < -0.4 is 5.32 Å². The predicted octanol–water partition coefficient (Wildman–Crippen LogP) is 4.34. The summed E-state index contributed by atoms with van der Waals surface area (Å²) in [5, 5.41) is 17.5. The second-order valence-corrected chi connectivity index (χ2v) is 8.69. The molecule has 0 unspecified atom stereocenters. The summed E-state index contributed by atoms with van der Waals surface area (Å²) < 4.78 is 40.4. The van der Waals surface area contributed by atoms with Gasteiger partial charge in [-0.25, -0.2) is 0 Å². The number of nitrogens with one attached hydrogen (secondary N) is 1. The Balaban J connectivity index is 1.41. The van der Waals surface area contributed by atoms with Crippen LogP contribution in [0.1, 0.15) is 31.2 Å². The highest BCUT2D eigenvalue weighted by molar-refractivity contribution is 5.97. The number of fused-ring (bicyclic) bond motifs is 1. The lowest BCUT2D eigenvalue weighted by molar-refractivity contribution is -0.137. The minimum atomic E-state index is -4.37. The first kappa shape index (κ1) is 20.2. The van der Waals surface area contributed by atoms with Gasteiger partial charge in [0, 0.05) is 31.7 Å². The Morgan fingerprint density at radius 2 is 1.87 bits per heavy atom. The Hall–Kier alpha value is -2.68. The van der Waals surface area contributed by atoms with E-state index in [1.54, 1.807) is 10.9 Å². The van der Waals surface area contributed by atoms with Gasteiger partial charge in [-0.2, -0.15) is 18.3 Å². The third-order valence-corrected chi connectivity index (χ3v) is 6.21. The molecule has 3 aromatic rings. The molecule has 1 aliphatic carbocycles. The molecule has 3 heterocycles. The second-order valence-electron chi connectivity index (χ2n) is 8.69. The average Bonchev–Trinajstić information content (AvgIpc) is 3.47. The molecular formula is C22H25F3N6. The standard InChI is InChI=1S/C22H25F3N6/c1-30-20-18(11-26-30)19(15-6-8-16(9-7-15)22(23,24)25)28-29-21(20)27-17-3-2-10-31(13-17)12-14-4-5-14/h6-9,11,14,17H,2-5,10,12-13H2,1H3,(H,27,29)/t17-/m1/s1. The molecule has 9 heteroatoms. The minimum absolute atomic E-state index is 0.289. The summed E-state index contributed by atoms with van der Waals surface area (Å²) in [6, 6.07) is 5.30. The Bertz CT molecular complexity index is 1070. The number of anilines is 1. The van der Waals surface area contributed by atoms with Crippen molar-refractivity contribution in [2.24, 2.45) is 13.0 Å². The van der Waals surface area contributed by atoms with Crippen molar-refractivity contribution in [2.45, 2.75) is 37.9 Å². The Morgan fingerprint density at radius 1 is 1.10 bits per heavy atom. The number of nitrogens with zero attached hydrogens (tertiary/aromatic N) is 5. The zero-order valence-corrected chi connectivity index (χ0v) is 17.4. The molecule has 2 aliphatic rings. The largest absolute Gasteiger partial charge is 0.416 e. The van der Waals surface area contributed by atoms with E-state index in [4.69, 9.17) is 0 Å². The van der Waals surface area contributed by atoms with Gasteiger partial charge in [-0.05, 0) is 50.3 Å². The van der Waals surface area contributed by atoms with E-state index < -0.39 is 11.7 Å². The summed E-state index contributed by atoms with van der Waals surface area (Å²) >= 11 is 0. The molecule has 1 saturated carbocycles. The summed E-state index contributed by atoms with van der Waals surface area (Å²) in [6.45, 7) is 3.31. The Morgan fingerprint density at radius 3 is 2.58 bits per heavy atom. The van der Waals surface area contributed by atoms with E-state index in [9.17, 15) is 13.2 Å². The van der Waals surface area contributed by atoms with Gasteiger partial charge in [0.25, 0.3) is 0 Å². The van der Waals surface area contributed by atoms with Gasteiger partial charge in [-0.1, -0.05) is 12.1 Å². The lowest BCUT2D eigenvalue weighted by atomic mass is 10.0. The summed E-state index contributed by atoms with van der Waals surface area (Å²) in [5.74, 6) is 1.54. The van der Waals surface area contributed by atoms with Crippen LogP contribution in [0, 0.1) is 5.92 Å². The van der Waals surface area contributed by atoms with Gasteiger partial charge in [0.05, 0.1) is 17.1 Å². The molecule has 6 nitrogen and oxygen atoms in total. The van der Waals surface area contributed by atoms with Crippen LogP contribution in [-0.4, -0.2) is 50.6 Å². The van der Waals surface area contributed by atoms with Crippen LogP contribution in [0.3, 0.4) is 0 Å². The molecule has 164 valence electrons. The van der Waals surface area contributed by atoms with Crippen molar-refractivity contribution in [3.8, 4) is 11.3 Å². The highest BCUT2D eigenvalue weighted by Gasteiger charge is 2.31. The third kappa shape index (κ3) is 4.23. The molecule has 0 amide bonds. The van der Waals surface area contributed by atoms with Crippen LogP contribution in [0.15, 0.2) is 30.5 Å². The zero-order chi connectivity index (χ0) is 21.6. The van der Waals surface area contributed by atoms with Gasteiger partial charge in [-0.3, -0.25) is 4.68 Å². The number of piperidine rings is 1. The Kier molecular flexibility index (Phi) is 5.08. The molecule has 0 radical (unpaired) electrons. The van der Waals surface area contributed by atoms with Crippen molar-refractivity contribution in [1.29, 1.82) is 0 Å². The van der Waals surface area contributed by atoms with Crippen LogP contribution in [0.2, 0.25) is 0 Å². The number of aromatic nitrogens is 4. The highest BCUT2D eigenvalue weighted by Crippen LogP contribution is 2.34. The molecule has 2 fully saturated rings. The number of hydrogen-bond donors (Lipinski definition) is 1. The fourth-order valence-electron chi connectivity index (χ4n) is 4.42. The fraction of sp³-hybridized carbons (Fsp3) is 0.500. The highest BCUT2D eigenvalue weighted by atomic mass is 19.4. The molecule has 1 aromatic carbocycles. The number of halogens is 3. The maximum absolute atomic E-state index is 12.9. The van der Waals surface area contributed by atoms with Crippen LogP contribution >= 0.6 is 0 Å². The molecule has 31 heavy (non-hydrogen) atoms. The van der Waals surface area contributed by atoms with E-state index in [2.05, 4.69) is 25.5 Å². The van der Waals surface area contributed by atoms with E-state index in [0.717, 1.165) is 54.9 Å². The first-order chi connectivity index (χ1) is 14.9. The molecule has 5 rings (SSSR count). The number of hydrogen-bond acceptors (Lipinski definition) is 5. The first-order valence-electron chi connectivity index (χ1n) is 10.7. The molecule has 1 atom stereocenters. The van der Waals surface area contributed by atoms with E-state index in [0.29, 0.717) is 17.1 Å². The van der Waals surface area contributed by atoms with Gasteiger partial charge in [0.2, 0.25) is 0 Å². The number of alkyl halides is 3. The lowest BCUT2D eigenvalue weighted by Crippen LogP contribution is -2.43. The predicted molar refractivity (Wildman–Crippen MR) is 113 cm³/mol. The number of likely N-dealkylation sites (tertiary alicyclic amines) is 1. The molecule has 0 spiro atoms. The minimum Gasteiger partial charge on any atom is -0.363 e. The van der Waals surface area contributed by atoms with E-state index in [-0.39, 0.29) is 6.04 Å². The average molecular weight is 430 g/mol. The van der Waals surface area contributed by atoms with Gasteiger partial charge in [0.15, 0.2) is 5.82 Å². The monoisotopic (exact) mass is 430 g/mol. The summed E-state index contributed by atoms with van der Waals surface area (Å²) in [7, 11) is 1.84. The fourth-order valence-corrected chi connectivity index (χ4v) is 4.42. The van der Waals surface area contributed by atoms with Crippen molar-refractivity contribution in [2.75, 3.05) is 25.0 Å². The van der Waals surface area contributed by atoms with E-state index >= 15 is 0 Å². The summed E-state index contributed by atoms with van der Waals surface area (Å²) in [4.78, 5) is 2.53. The van der Waals surface area contributed by atoms with E-state index in [1.807, 2.05) is 7.05 Å². The molecule has 0 bridgehead atoms. The number of benzene rings is 1. The summed E-state index contributed by atoms with van der Waals surface area (Å²) in [5.41, 5.74) is 1.24. The normalized spacial score (nSPS) is 20.3. The maximum atomic E-state index is 12.9. The zero-order valence-electron chi connectivity index (χ0n) is 17.4. The van der Waals surface area contributed by atoms with Crippen LogP contribution in [0.5, 0.6) is 0 Å². The smallest absolute Gasteiger partial charge is 0.363 e. The van der Waals surface area contributed by atoms with Crippen molar-refractivity contribution in [1.82, 2.24) is 24.9 Å². The first-order valence-corrected chi connectivity index (χ1v) is 10.7. The number of aryl methyl sites for hydroxylation is 1. The SMILES string of the molecule is Cn1ncc2c(-c3ccc(C(F)(F)F)cc3)nnc(N[C@@H]3CCCN(CC4CC4)C3)c21. The molecule has 1 aliphatic heterocycles. The van der Waals surface area contributed by atoms with Crippen molar-refractivity contribution < 1.29 is 13.2 Å². The van der Waals surface area contributed by atoms with E-state index in [1.165, 1.54) is 31.5 Å². The molecular weight excluding hydrogens is 405 g/mol. The summed E-state index contributed by atoms with van der Waals surface area (Å²) in [6.07, 6.45) is 2.25. The van der Waals surface area contributed by atoms with Crippen molar-refractivity contribution in [3.05, 3.63) is 36.0 Å². The van der Waals surface area contributed by atoms with Crippen LogP contribution in [0.25, 0.3) is 22.2 Å². The maximum Gasteiger partial charge on any atom is 0.416 e. The van der Waals surface area contributed by atoms with Gasteiger partial charge in [0.1, 0.15) is 11.2 Å². The van der Waals surface area contributed by atoms with Crippen molar-refractivity contribution in [3.63, 3.8) is 0 Å². The van der Waals surface area contributed by atoms with Gasteiger partial charge < -0.3 is 10.2 Å². The molecule has 1 saturated heterocycles. The number of rotatable bonds is 5. The quantitative estimate of drug-likeness (QED) is 0.653. The van der Waals surface area contributed by atoms with Crippen LogP contribution in [-0.2, 0) is 13.2 Å². The molecule has 1 N–H and O–H groups in total. The molecule has 2 aromatic heterocycles. The third-order valence-electron chi connectivity index (χ3n) is 6.21.